The Balaban J connectivity index is 1.28. The van der Waals surface area contributed by atoms with Gasteiger partial charge in [0.05, 0.1) is 17.1 Å². The molecule has 5 heteroatoms. The maximum absolute atomic E-state index is 14.2. The molecular weight excluding hydrogens is 494 g/mol. The molecule has 2 amide bonds. The number of nitrogens with zero attached hydrogens (tertiary/aromatic N) is 3. The van der Waals surface area contributed by atoms with Crippen LogP contribution in [0.2, 0.25) is 0 Å². The Labute approximate surface area is 240 Å². The summed E-state index contributed by atoms with van der Waals surface area (Å²) < 4.78 is 2.19. The summed E-state index contributed by atoms with van der Waals surface area (Å²) in [6, 6.07) is 20.7. The highest BCUT2D eigenvalue weighted by molar-refractivity contribution is 6.00. The lowest BCUT2D eigenvalue weighted by Gasteiger charge is -2.39. The summed E-state index contributed by atoms with van der Waals surface area (Å²) in [5.74, 6) is 0.122. The molecule has 2 heterocycles. The number of rotatable bonds is 14. The lowest BCUT2D eigenvalue weighted by molar-refractivity contribution is -0.136. The van der Waals surface area contributed by atoms with Crippen LogP contribution in [0.25, 0.3) is 5.69 Å². The van der Waals surface area contributed by atoms with E-state index in [2.05, 4.69) is 61.0 Å². The Morgan fingerprint density at radius 2 is 1.45 bits per heavy atom. The number of hydrogen-bond acceptors (Lipinski definition) is 2. The highest BCUT2D eigenvalue weighted by Crippen LogP contribution is 2.42. The number of amides is 2. The van der Waals surface area contributed by atoms with Gasteiger partial charge in [-0.25, -0.2) is 0 Å². The van der Waals surface area contributed by atoms with Crippen LogP contribution < -0.4 is 4.90 Å². The second-order valence-electron chi connectivity index (χ2n) is 11.7. The second kappa shape index (κ2) is 13.3. The Morgan fingerprint density at radius 3 is 2.12 bits per heavy atom. The monoisotopic (exact) mass is 539 g/mol. The van der Waals surface area contributed by atoms with Crippen molar-refractivity contribution in [1.82, 2.24) is 9.47 Å². The van der Waals surface area contributed by atoms with Gasteiger partial charge in [-0.3, -0.25) is 14.5 Å². The van der Waals surface area contributed by atoms with Crippen LogP contribution in [0.4, 0.5) is 5.69 Å². The zero-order chi connectivity index (χ0) is 27.9. The highest BCUT2D eigenvalue weighted by Gasteiger charge is 2.39. The van der Waals surface area contributed by atoms with Crippen molar-refractivity contribution in [3.63, 3.8) is 0 Å². The minimum absolute atomic E-state index is 0.0159. The topological polar surface area (TPSA) is 45.6 Å². The fourth-order valence-corrected chi connectivity index (χ4v) is 6.09. The van der Waals surface area contributed by atoms with E-state index < -0.39 is 0 Å². The number of anilines is 1. The number of aromatic nitrogens is 1. The molecule has 5 nitrogen and oxygen atoms in total. The number of fused-ring (bicyclic) bond motifs is 3. The Hall–Kier alpha value is -3.34. The van der Waals surface area contributed by atoms with Crippen LogP contribution in [0.1, 0.15) is 107 Å². The number of hydrogen-bond donors (Lipinski definition) is 0. The van der Waals surface area contributed by atoms with E-state index in [1.54, 1.807) is 0 Å². The first kappa shape index (κ1) is 28.2. The third kappa shape index (κ3) is 6.51. The number of carbonyl (C=O) groups is 2. The van der Waals surface area contributed by atoms with Crippen molar-refractivity contribution in [2.45, 2.75) is 103 Å². The third-order valence-corrected chi connectivity index (χ3v) is 8.49. The Morgan fingerprint density at radius 1 is 0.800 bits per heavy atom. The van der Waals surface area contributed by atoms with Gasteiger partial charge >= 0.3 is 0 Å². The van der Waals surface area contributed by atoms with Crippen LogP contribution in [0, 0.1) is 6.92 Å². The van der Waals surface area contributed by atoms with Crippen LogP contribution in [0.5, 0.6) is 0 Å². The zero-order valence-corrected chi connectivity index (χ0v) is 24.4. The summed E-state index contributed by atoms with van der Waals surface area (Å²) in [6.07, 6.45) is 15.7. The molecule has 0 radical (unpaired) electrons. The summed E-state index contributed by atoms with van der Waals surface area (Å²) >= 11 is 0. The lowest BCUT2D eigenvalue weighted by atomic mass is 9.97. The van der Waals surface area contributed by atoms with Crippen molar-refractivity contribution in [1.29, 1.82) is 0 Å². The summed E-state index contributed by atoms with van der Waals surface area (Å²) in [5, 5.41) is 0. The van der Waals surface area contributed by atoms with Gasteiger partial charge in [-0.1, -0.05) is 100 Å². The first-order valence-electron chi connectivity index (χ1n) is 15.5. The van der Waals surface area contributed by atoms with Crippen molar-refractivity contribution in [2.75, 3.05) is 11.4 Å². The molecule has 2 aliphatic rings. The first-order valence-corrected chi connectivity index (χ1v) is 15.5. The SMILES string of the molecule is CCCCCCCCCCCC(=O)N(CC(=O)N1c2ccccc2-n2cccc2C1c1ccc(C)cc1)C1CC1. The molecule has 3 aromatic rings. The fourth-order valence-electron chi connectivity index (χ4n) is 6.09. The average molecular weight is 540 g/mol. The van der Waals surface area contributed by atoms with Gasteiger partial charge in [-0.2, -0.15) is 0 Å². The number of aryl methyl sites for hydroxylation is 1. The van der Waals surface area contributed by atoms with E-state index in [0.29, 0.717) is 6.42 Å². The Bertz CT molecular complexity index is 1270. The number of unbranched alkanes of at least 4 members (excludes halogenated alkanes) is 8. The van der Waals surface area contributed by atoms with Crippen LogP contribution >= 0.6 is 0 Å². The minimum Gasteiger partial charge on any atom is -0.330 e. The minimum atomic E-state index is -0.244. The molecule has 0 bridgehead atoms. The van der Waals surface area contributed by atoms with Gasteiger partial charge in [-0.15, -0.1) is 0 Å². The molecule has 1 aromatic heterocycles. The van der Waals surface area contributed by atoms with E-state index >= 15 is 0 Å². The van der Waals surface area contributed by atoms with Crippen molar-refractivity contribution in [3.05, 3.63) is 83.7 Å². The molecule has 1 aliphatic carbocycles. The van der Waals surface area contributed by atoms with Crippen LogP contribution in [-0.4, -0.2) is 33.9 Å². The summed E-state index contributed by atoms with van der Waals surface area (Å²) in [6.45, 7) is 4.47. The van der Waals surface area contributed by atoms with Gasteiger partial charge in [0.1, 0.15) is 12.6 Å². The van der Waals surface area contributed by atoms with Gasteiger partial charge in [0.2, 0.25) is 11.8 Å². The fraction of sp³-hybridized carbons (Fsp3) is 0.486. The molecule has 1 atom stereocenters. The summed E-state index contributed by atoms with van der Waals surface area (Å²) in [4.78, 5) is 31.5. The predicted molar refractivity (Wildman–Crippen MR) is 163 cm³/mol. The molecule has 1 aliphatic heterocycles. The molecule has 1 unspecified atom stereocenters. The molecule has 2 aromatic carbocycles. The van der Waals surface area contributed by atoms with Crippen molar-refractivity contribution >= 4 is 17.5 Å². The molecule has 40 heavy (non-hydrogen) atoms. The van der Waals surface area contributed by atoms with E-state index in [-0.39, 0.29) is 30.4 Å². The molecule has 0 N–H and O–H groups in total. The number of benzene rings is 2. The number of para-hydroxylation sites is 2. The van der Waals surface area contributed by atoms with E-state index in [1.807, 2.05) is 34.1 Å². The molecule has 1 fully saturated rings. The summed E-state index contributed by atoms with van der Waals surface area (Å²) in [7, 11) is 0. The van der Waals surface area contributed by atoms with Crippen molar-refractivity contribution in [2.24, 2.45) is 0 Å². The van der Waals surface area contributed by atoms with Gasteiger partial charge in [0, 0.05) is 18.7 Å². The maximum Gasteiger partial charge on any atom is 0.247 e. The molecular formula is C35H45N3O2. The van der Waals surface area contributed by atoms with Crippen molar-refractivity contribution in [3.8, 4) is 5.69 Å². The van der Waals surface area contributed by atoms with Gasteiger partial charge in [0.25, 0.3) is 0 Å². The largest absolute Gasteiger partial charge is 0.330 e. The molecule has 0 spiro atoms. The smallest absolute Gasteiger partial charge is 0.247 e. The van der Waals surface area contributed by atoms with Crippen LogP contribution in [0.3, 0.4) is 0 Å². The van der Waals surface area contributed by atoms with E-state index in [0.717, 1.165) is 48.3 Å². The zero-order valence-electron chi connectivity index (χ0n) is 24.4. The molecule has 212 valence electrons. The third-order valence-electron chi connectivity index (χ3n) is 8.49. The van der Waals surface area contributed by atoms with E-state index in [1.165, 1.54) is 50.5 Å². The Kier molecular flexibility index (Phi) is 9.41. The predicted octanol–water partition coefficient (Wildman–Crippen LogP) is 8.13. The summed E-state index contributed by atoms with van der Waals surface area (Å²) in [5.41, 5.74) is 5.22. The van der Waals surface area contributed by atoms with Crippen LogP contribution in [-0.2, 0) is 9.59 Å². The van der Waals surface area contributed by atoms with Gasteiger partial charge in [0.15, 0.2) is 0 Å². The quantitative estimate of drug-likeness (QED) is 0.194. The van der Waals surface area contributed by atoms with Crippen molar-refractivity contribution < 1.29 is 9.59 Å². The van der Waals surface area contributed by atoms with E-state index in [9.17, 15) is 9.59 Å². The standard InChI is InChI=1S/C35H45N3O2/c1-3-4-5-6-7-8-9-10-11-18-33(39)37(29-23-24-29)26-34(40)38-31-16-13-12-15-30(31)36-25-14-17-32(36)35(38)28-21-19-27(2)20-22-28/h12-17,19-22,25,29,35H,3-11,18,23-24,26H2,1-2H3. The van der Waals surface area contributed by atoms with E-state index in [4.69, 9.17) is 0 Å². The first-order chi connectivity index (χ1) is 19.6. The molecule has 1 saturated carbocycles. The normalized spacial score (nSPS) is 15.9. The molecule has 0 saturated heterocycles. The molecule has 5 rings (SSSR count). The highest BCUT2D eigenvalue weighted by atomic mass is 16.2. The average Bonchev–Trinajstić information content (AvgIpc) is 3.69. The lowest BCUT2D eigenvalue weighted by Crippen LogP contribution is -2.47. The second-order valence-corrected chi connectivity index (χ2v) is 11.7. The van der Waals surface area contributed by atoms with Gasteiger partial charge in [-0.05, 0) is 56.0 Å². The van der Waals surface area contributed by atoms with Gasteiger partial charge < -0.3 is 9.47 Å². The number of carbonyl (C=O) groups excluding carboxylic acids is 2. The maximum atomic E-state index is 14.2. The van der Waals surface area contributed by atoms with Crippen LogP contribution in [0.15, 0.2) is 66.9 Å².